The Balaban J connectivity index is 1.26. The quantitative estimate of drug-likeness (QED) is 0.739. The van der Waals surface area contributed by atoms with Crippen LogP contribution in [0.2, 0.25) is 0 Å². The molecule has 126 valence electrons. The molecule has 0 radical (unpaired) electrons. The minimum Gasteiger partial charge on any atom is -0.301 e. The molecule has 1 saturated carbocycles. The van der Waals surface area contributed by atoms with Gasteiger partial charge in [-0.15, -0.1) is 0 Å². The zero-order chi connectivity index (χ0) is 15.3. The molecule has 3 aliphatic heterocycles. The summed E-state index contributed by atoms with van der Waals surface area (Å²) in [7, 11) is 0. The number of piperidine rings is 3. The summed E-state index contributed by atoms with van der Waals surface area (Å²) in [6, 6.07) is 1.69. The number of likely N-dealkylation sites (tertiary alicyclic amines) is 2. The molecular weight excluding hydrogens is 290 g/mol. The van der Waals surface area contributed by atoms with Crippen molar-refractivity contribution in [1.29, 1.82) is 0 Å². The first kappa shape index (κ1) is 15.7. The van der Waals surface area contributed by atoms with Gasteiger partial charge in [0.25, 0.3) is 0 Å². The van der Waals surface area contributed by atoms with Crippen molar-refractivity contribution in [3.63, 3.8) is 0 Å². The summed E-state index contributed by atoms with van der Waals surface area (Å²) >= 11 is 1.95. The van der Waals surface area contributed by atoms with Crippen LogP contribution in [0.5, 0.6) is 0 Å². The molecule has 0 aromatic rings. The molecule has 3 saturated heterocycles. The monoisotopic (exact) mass is 323 g/mol. The summed E-state index contributed by atoms with van der Waals surface area (Å²) in [4.78, 5) is 5.55. The lowest BCUT2D eigenvalue weighted by Crippen LogP contribution is -2.49. The molecule has 4 fully saturated rings. The van der Waals surface area contributed by atoms with Crippen LogP contribution >= 0.6 is 11.9 Å². The fourth-order valence-electron chi connectivity index (χ4n) is 5.46. The van der Waals surface area contributed by atoms with Crippen LogP contribution < -0.4 is 0 Å². The third-order valence-electron chi connectivity index (χ3n) is 7.24. The summed E-state index contributed by atoms with van der Waals surface area (Å²) in [5.74, 6) is 2.01. The molecule has 2 unspecified atom stereocenters. The van der Waals surface area contributed by atoms with Crippen LogP contribution in [0.3, 0.4) is 0 Å². The zero-order valence-corrected chi connectivity index (χ0v) is 15.4. The third kappa shape index (κ3) is 2.74. The predicted octanol–water partition coefficient (Wildman–Crippen LogP) is 2.78. The lowest BCUT2D eigenvalue weighted by atomic mass is 9.71. The van der Waals surface area contributed by atoms with Gasteiger partial charge in [-0.25, -0.2) is 0 Å². The van der Waals surface area contributed by atoms with Gasteiger partial charge in [-0.05, 0) is 89.2 Å². The molecular formula is C18H33N3S. The highest BCUT2D eigenvalue weighted by atomic mass is 32.2. The Kier molecular flexibility index (Phi) is 4.25. The summed E-state index contributed by atoms with van der Waals surface area (Å²) in [6.45, 7) is 12.9. The van der Waals surface area contributed by atoms with Gasteiger partial charge in [0.1, 0.15) is 0 Å². The van der Waals surface area contributed by atoms with E-state index in [1.807, 2.05) is 11.9 Å². The van der Waals surface area contributed by atoms with E-state index < -0.39 is 0 Å². The summed E-state index contributed by atoms with van der Waals surface area (Å²) < 4.78 is 2.57. The van der Waals surface area contributed by atoms with E-state index in [0.717, 1.165) is 23.9 Å². The molecule has 4 rings (SSSR count). The molecule has 0 aromatic carbocycles. The normalized spacial score (nSPS) is 39.5. The maximum atomic E-state index is 2.87. The molecule has 0 bridgehead atoms. The highest BCUT2D eigenvalue weighted by Gasteiger charge is 2.58. The van der Waals surface area contributed by atoms with Crippen LogP contribution in [0.15, 0.2) is 0 Å². The average molecular weight is 324 g/mol. The lowest BCUT2D eigenvalue weighted by molar-refractivity contribution is 0.0192. The highest BCUT2D eigenvalue weighted by molar-refractivity contribution is 7.96. The first-order valence-corrected chi connectivity index (χ1v) is 10.6. The number of nitrogens with zero attached hydrogens (tertiary/aromatic N) is 3. The van der Waals surface area contributed by atoms with Crippen LogP contribution in [-0.4, -0.2) is 71.7 Å². The molecule has 1 spiro atoms. The van der Waals surface area contributed by atoms with Crippen molar-refractivity contribution in [1.82, 2.24) is 14.1 Å². The Morgan fingerprint density at radius 1 is 0.909 bits per heavy atom. The molecule has 2 atom stereocenters. The summed E-state index contributed by atoms with van der Waals surface area (Å²) in [5.41, 5.74) is 0.706. The minimum absolute atomic E-state index is 0.706. The predicted molar refractivity (Wildman–Crippen MR) is 95.0 cm³/mol. The maximum absolute atomic E-state index is 2.87. The van der Waals surface area contributed by atoms with Crippen LogP contribution in [0, 0.1) is 17.3 Å². The number of rotatable bonds is 3. The van der Waals surface area contributed by atoms with Crippen molar-refractivity contribution in [2.75, 3.05) is 45.5 Å². The Labute approximate surface area is 140 Å². The van der Waals surface area contributed by atoms with E-state index in [0.29, 0.717) is 5.41 Å². The fraction of sp³-hybridized carbons (Fsp3) is 1.00. The topological polar surface area (TPSA) is 9.72 Å². The SMILES string of the molecule is CSN1CC2C(C1)C2N1CCC2(CCN(C(C)C)CC2)CC1. The zero-order valence-electron chi connectivity index (χ0n) is 14.6. The Hall–Kier alpha value is 0.230. The molecule has 3 heterocycles. The second-order valence-electron chi connectivity index (χ2n) is 8.51. The van der Waals surface area contributed by atoms with Crippen LogP contribution in [-0.2, 0) is 0 Å². The van der Waals surface area contributed by atoms with Crippen molar-refractivity contribution >= 4 is 11.9 Å². The highest BCUT2D eigenvalue weighted by Crippen LogP contribution is 2.52. The number of hydrogen-bond donors (Lipinski definition) is 0. The largest absolute Gasteiger partial charge is 0.301 e. The molecule has 1 aliphatic carbocycles. The first-order chi connectivity index (χ1) is 10.6. The van der Waals surface area contributed by atoms with Gasteiger partial charge in [0.2, 0.25) is 0 Å². The van der Waals surface area contributed by atoms with E-state index >= 15 is 0 Å². The van der Waals surface area contributed by atoms with Crippen molar-refractivity contribution < 1.29 is 0 Å². The van der Waals surface area contributed by atoms with Crippen LogP contribution in [0.4, 0.5) is 0 Å². The molecule has 0 amide bonds. The average Bonchev–Trinajstić information content (AvgIpc) is 3.02. The first-order valence-electron chi connectivity index (χ1n) is 9.39. The van der Waals surface area contributed by atoms with Crippen molar-refractivity contribution in [3.05, 3.63) is 0 Å². The van der Waals surface area contributed by atoms with Gasteiger partial charge < -0.3 is 4.90 Å². The molecule has 0 N–H and O–H groups in total. The van der Waals surface area contributed by atoms with E-state index in [-0.39, 0.29) is 0 Å². The lowest BCUT2D eigenvalue weighted by Gasteiger charge is -2.48. The standard InChI is InChI=1S/C18H33N3S/c1-14(2)19-8-4-18(5-9-19)6-10-20(11-7-18)17-15-12-21(22-3)13-16(15)17/h14-17H,4-13H2,1-3H3. The molecule has 4 aliphatic rings. The molecule has 0 aromatic heterocycles. The van der Waals surface area contributed by atoms with Gasteiger partial charge in [0.05, 0.1) is 0 Å². The van der Waals surface area contributed by atoms with Gasteiger partial charge in [-0.3, -0.25) is 9.21 Å². The number of fused-ring (bicyclic) bond motifs is 1. The van der Waals surface area contributed by atoms with E-state index in [4.69, 9.17) is 0 Å². The minimum atomic E-state index is 0.706. The Morgan fingerprint density at radius 2 is 1.45 bits per heavy atom. The van der Waals surface area contributed by atoms with E-state index in [9.17, 15) is 0 Å². The summed E-state index contributed by atoms with van der Waals surface area (Å²) in [6.07, 6.45) is 8.09. The second-order valence-corrected chi connectivity index (χ2v) is 9.40. The Bertz CT molecular complexity index is 383. The second kappa shape index (κ2) is 5.94. The Morgan fingerprint density at radius 3 is 1.95 bits per heavy atom. The van der Waals surface area contributed by atoms with Crippen molar-refractivity contribution in [3.8, 4) is 0 Å². The van der Waals surface area contributed by atoms with Crippen LogP contribution in [0.1, 0.15) is 39.5 Å². The van der Waals surface area contributed by atoms with E-state index in [2.05, 4.69) is 34.2 Å². The molecule has 3 nitrogen and oxygen atoms in total. The van der Waals surface area contributed by atoms with Crippen molar-refractivity contribution in [2.45, 2.75) is 51.6 Å². The third-order valence-corrected chi connectivity index (χ3v) is 8.06. The smallest absolute Gasteiger partial charge is 0.0184 e. The van der Waals surface area contributed by atoms with Gasteiger partial charge in [-0.1, -0.05) is 11.9 Å². The van der Waals surface area contributed by atoms with E-state index in [1.165, 1.54) is 65.0 Å². The van der Waals surface area contributed by atoms with E-state index in [1.54, 1.807) is 0 Å². The van der Waals surface area contributed by atoms with Gasteiger partial charge in [0.15, 0.2) is 0 Å². The maximum Gasteiger partial charge on any atom is 0.0184 e. The van der Waals surface area contributed by atoms with Crippen molar-refractivity contribution in [2.24, 2.45) is 17.3 Å². The fourth-order valence-corrected chi connectivity index (χ4v) is 6.10. The molecule has 22 heavy (non-hydrogen) atoms. The van der Waals surface area contributed by atoms with Gasteiger partial charge in [0, 0.05) is 25.2 Å². The van der Waals surface area contributed by atoms with Gasteiger partial charge in [-0.2, -0.15) is 0 Å². The van der Waals surface area contributed by atoms with Crippen LogP contribution in [0.25, 0.3) is 0 Å². The summed E-state index contributed by atoms with van der Waals surface area (Å²) in [5, 5.41) is 0. The van der Waals surface area contributed by atoms with Gasteiger partial charge >= 0.3 is 0 Å². The molecule has 4 heteroatoms. The number of hydrogen-bond acceptors (Lipinski definition) is 4.